The molecule has 3 rings (SSSR count). The molecular formula is C43H63N3O7. The lowest BCUT2D eigenvalue weighted by Crippen LogP contribution is -2.53. The van der Waals surface area contributed by atoms with Crippen LogP contribution < -0.4 is 10.6 Å². The van der Waals surface area contributed by atoms with Crippen LogP contribution in [-0.2, 0) is 41.6 Å². The second kappa shape index (κ2) is 21.8. The lowest BCUT2D eigenvalue weighted by atomic mass is 9.86. The van der Waals surface area contributed by atoms with E-state index in [0.29, 0.717) is 52.0 Å². The van der Waals surface area contributed by atoms with Gasteiger partial charge in [-0.2, -0.15) is 0 Å². The molecule has 1 fully saturated rings. The maximum Gasteiger partial charge on any atom is 0.224 e. The van der Waals surface area contributed by atoms with Gasteiger partial charge in [0.1, 0.15) is 11.4 Å². The molecule has 0 aliphatic carbocycles. The first kappa shape index (κ1) is 43.7. The fourth-order valence-electron chi connectivity index (χ4n) is 6.77. The van der Waals surface area contributed by atoms with Crippen LogP contribution in [0.2, 0.25) is 0 Å². The predicted molar refractivity (Wildman–Crippen MR) is 207 cm³/mol. The Morgan fingerprint density at radius 3 is 1.87 bits per heavy atom. The summed E-state index contributed by atoms with van der Waals surface area (Å²) in [4.78, 5) is 71.1. The number of hydrogen-bond acceptors (Lipinski definition) is 8. The molecule has 0 saturated carbocycles. The number of benzene rings is 2. The number of aliphatic hydroxyl groups is 1. The monoisotopic (exact) mass is 733 g/mol. The van der Waals surface area contributed by atoms with Crippen molar-refractivity contribution in [2.75, 3.05) is 32.8 Å². The van der Waals surface area contributed by atoms with Gasteiger partial charge in [-0.3, -0.25) is 28.9 Å². The summed E-state index contributed by atoms with van der Waals surface area (Å²) in [7, 11) is 0. The van der Waals surface area contributed by atoms with Crippen molar-refractivity contribution in [3.63, 3.8) is 0 Å². The van der Waals surface area contributed by atoms with Gasteiger partial charge in [0.05, 0.1) is 31.8 Å². The molecule has 3 N–H and O–H groups in total. The molecule has 0 aromatic heterocycles. The van der Waals surface area contributed by atoms with Crippen molar-refractivity contribution in [2.45, 2.75) is 111 Å². The van der Waals surface area contributed by atoms with E-state index in [2.05, 4.69) is 10.6 Å². The van der Waals surface area contributed by atoms with E-state index in [1.54, 1.807) is 6.92 Å². The maximum atomic E-state index is 14.2. The Morgan fingerprint density at radius 2 is 1.30 bits per heavy atom. The Labute approximate surface area is 316 Å². The number of carbonyl (C=O) groups excluding carboxylic acids is 5. The Morgan fingerprint density at radius 1 is 0.774 bits per heavy atom. The van der Waals surface area contributed by atoms with E-state index < -0.39 is 41.2 Å². The highest BCUT2D eigenvalue weighted by molar-refractivity contribution is 5.97. The SMILES string of the molecule is CC[C@@](C)(O)C(=O)[C@H](CC(C)C)NC(=O)[C@@H](CC(=O)[C@H](CC(C)C)NC(=O)[C@H](CCc1ccccc1)CC(=O)CN1CCOCC1)Cc1ccccc1. The lowest BCUT2D eigenvalue weighted by Gasteiger charge is -2.30. The molecule has 292 valence electrons. The Bertz CT molecular complexity index is 1450. The largest absolute Gasteiger partial charge is 0.382 e. The smallest absolute Gasteiger partial charge is 0.224 e. The number of nitrogens with zero attached hydrogens (tertiary/aromatic N) is 1. The topological polar surface area (TPSA) is 142 Å². The molecule has 0 radical (unpaired) electrons. The molecule has 2 amide bonds. The lowest BCUT2D eigenvalue weighted by molar-refractivity contribution is -0.142. The normalized spacial score (nSPS) is 17.0. The first-order chi connectivity index (χ1) is 25.2. The van der Waals surface area contributed by atoms with Crippen molar-refractivity contribution in [2.24, 2.45) is 23.7 Å². The van der Waals surface area contributed by atoms with Gasteiger partial charge in [-0.1, -0.05) is 95.3 Å². The number of amides is 2. The summed E-state index contributed by atoms with van der Waals surface area (Å²) < 4.78 is 5.42. The Kier molecular flexibility index (Phi) is 18.0. The van der Waals surface area contributed by atoms with Gasteiger partial charge in [0.15, 0.2) is 11.6 Å². The zero-order chi connectivity index (χ0) is 39.0. The summed E-state index contributed by atoms with van der Waals surface area (Å²) >= 11 is 0. The molecule has 10 nitrogen and oxygen atoms in total. The molecule has 2 aromatic carbocycles. The van der Waals surface area contributed by atoms with Crippen molar-refractivity contribution in [1.82, 2.24) is 15.5 Å². The van der Waals surface area contributed by atoms with Crippen LogP contribution >= 0.6 is 0 Å². The second-order valence-corrected chi connectivity index (χ2v) is 15.8. The number of morpholine rings is 1. The summed E-state index contributed by atoms with van der Waals surface area (Å²) in [6.07, 6.45) is 2.11. The molecule has 0 spiro atoms. The van der Waals surface area contributed by atoms with Crippen molar-refractivity contribution in [1.29, 1.82) is 0 Å². The summed E-state index contributed by atoms with van der Waals surface area (Å²) in [5.41, 5.74) is 0.312. The molecular weight excluding hydrogens is 670 g/mol. The van der Waals surface area contributed by atoms with Crippen LogP contribution in [0.15, 0.2) is 60.7 Å². The van der Waals surface area contributed by atoms with Crippen molar-refractivity contribution in [3.8, 4) is 0 Å². The highest BCUT2D eigenvalue weighted by Crippen LogP contribution is 2.22. The minimum absolute atomic E-state index is 0.0287. The number of nitrogens with one attached hydrogen (secondary N) is 2. The molecule has 53 heavy (non-hydrogen) atoms. The zero-order valence-corrected chi connectivity index (χ0v) is 32.8. The van der Waals surface area contributed by atoms with Crippen molar-refractivity contribution < 1.29 is 33.8 Å². The van der Waals surface area contributed by atoms with Gasteiger partial charge in [0, 0.05) is 37.8 Å². The van der Waals surface area contributed by atoms with Crippen LogP contribution in [0.4, 0.5) is 0 Å². The van der Waals surface area contributed by atoms with Gasteiger partial charge < -0.3 is 20.5 Å². The second-order valence-electron chi connectivity index (χ2n) is 15.8. The van der Waals surface area contributed by atoms with E-state index in [1.807, 2.05) is 93.3 Å². The fraction of sp³-hybridized carbons (Fsp3) is 0.605. The fourth-order valence-corrected chi connectivity index (χ4v) is 6.77. The van der Waals surface area contributed by atoms with Crippen LogP contribution in [0.1, 0.15) is 91.2 Å². The van der Waals surface area contributed by atoms with Crippen molar-refractivity contribution >= 4 is 29.2 Å². The third-order valence-electron chi connectivity index (χ3n) is 10.1. The number of carbonyl (C=O) groups is 5. The van der Waals surface area contributed by atoms with E-state index in [9.17, 15) is 29.1 Å². The predicted octanol–water partition coefficient (Wildman–Crippen LogP) is 5.14. The van der Waals surface area contributed by atoms with E-state index in [0.717, 1.165) is 11.1 Å². The number of hydrogen-bond donors (Lipinski definition) is 3. The van der Waals surface area contributed by atoms with E-state index in [-0.39, 0.29) is 61.5 Å². The minimum Gasteiger partial charge on any atom is -0.382 e. The summed E-state index contributed by atoms with van der Waals surface area (Å²) in [5, 5.41) is 16.7. The molecule has 0 unspecified atom stereocenters. The first-order valence-corrected chi connectivity index (χ1v) is 19.5. The number of ether oxygens (including phenoxy) is 1. The number of ketones is 3. The molecule has 0 bridgehead atoms. The first-order valence-electron chi connectivity index (χ1n) is 19.5. The number of rotatable bonds is 23. The van der Waals surface area contributed by atoms with Crippen LogP contribution in [0.3, 0.4) is 0 Å². The molecule has 1 saturated heterocycles. The maximum absolute atomic E-state index is 14.2. The third kappa shape index (κ3) is 15.3. The van der Waals surface area contributed by atoms with E-state index in [1.165, 1.54) is 6.92 Å². The molecule has 1 aliphatic rings. The summed E-state index contributed by atoms with van der Waals surface area (Å²) in [6, 6.07) is 17.4. The van der Waals surface area contributed by atoms with Gasteiger partial charge in [-0.05, 0) is 68.4 Å². The summed E-state index contributed by atoms with van der Waals surface area (Å²) in [6.45, 7) is 13.7. The number of aryl methyl sites for hydroxylation is 1. The van der Waals surface area contributed by atoms with Crippen LogP contribution in [0, 0.1) is 23.7 Å². The average molecular weight is 734 g/mol. The van der Waals surface area contributed by atoms with Gasteiger partial charge in [0.2, 0.25) is 11.8 Å². The van der Waals surface area contributed by atoms with Crippen LogP contribution in [0.5, 0.6) is 0 Å². The Hall–Kier alpha value is -3.73. The molecule has 5 atom stereocenters. The van der Waals surface area contributed by atoms with Gasteiger partial charge in [-0.15, -0.1) is 0 Å². The average Bonchev–Trinajstić information content (AvgIpc) is 3.12. The van der Waals surface area contributed by atoms with Gasteiger partial charge >= 0.3 is 0 Å². The molecule has 10 heteroatoms. The quantitative estimate of drug-likeness (QED) is 0.143. The van der Waals surface area contributed by atoms with Crippen molar-refractivity contribution in [3.05, 3.63) is 71.8 Å². The van der Waals surface area contributed by atoms with E-state index >= 15 is 0 Å². The van der Waals surface area contributed by atoms with Crippen LogP contribution in [0.25, 0.3) is 0 Å². The highest BCUT2D eigenvalue weighted by Gasteiger charge is 2.37. The summed E-state index contributed by atoms with van der Waals surface area (Å²) in [5.74, 6) is -2.90. The third-order valence-corrected chi connectivity index (χ3v) is 10.1. The number of Topliss-reactive ketones (excluding diaryl/α,β-unsaturated/α-hetero) is 3. The standard InChI is InChI=1S/C43H63N3O7/c1-7-43(6,52)40(49)38(25-31(4)5)45-42(51)35(26-33-16-12-9-13-17-33)28-39(48)37(24-30(2)3)44-41(50)34(19-18-32-14-10-8-11-15-32)27-36(47)29-46-20-22-53-23-21-46/h8-17,30-31,34-35,37-38,52H,7,18-29H2,1-6H3,(H,44,50)(H,45,51)/t34-,35-,37+,38+,43-/m1/s1. The molecule has 1 heterocycles. The minimum atomic E-state index is -1.61. The highest BCUT2D eigenvalue weighted by atomic mass is 16.5. The van der Waals surface area contributed by atoms with Gasteiger partial charge in [0.25, 0.3) is 0 Å². The molecule has 2 aromatic rings. The zero-order valence-electron chi connectivity index (χ0n) is 32.8. The molecule has 1 aliphatic heterocycles. The van der Waals surface area contributed by atoms with Gasteiger partial charge in [-0.25, -0.2) is 0 Å². The van der Waals surface area contributed by atoms with Crippen LogP contribution in [-0.4, -0.2) is 89.7 Å². The van der Waals surface area contributed by atoms with E-state index in [4.69, 9.17) is 4.74 Å². The Balaban J connectivity index is 1.84.